The van der Waals surface area contributed by atoms with Crippen molar-refractivity contribution in [2.45, 2.75) is 39.5 Å². The van der Waals surface area contributed by atoms with Crippen LogP contribution in [0.5, 0.6) is 0 Å². The van der Waals surface area contributed by atoms with Gasteiger partial charge < -0.3 is 4.42 Å². The third-order valence-electron chi connectivity index (χ3n) is 10.2. The number of hydrogen-bond donors (Lipinski definition) is 0. The second-order valence-corrected chi connectivity index (χ2v) is 14.0. The minimum absolute atomic E-state index is 0.309. The molecule has 0 fully saturated rings. The van der Waals surface area contributed by atoms with E-state index in [1.807, 2.05) is 6.20 Å². The zero-order valence-electron chi connectivity index (χ0n) is 28.8. The molecule has 9 aromatic rings. The molecule has 0 aliphatic carbocycles. The first-order chi connectivity index (χ1) is 24.5. The molecule has 7 aromatic carbocycles. The third-order valence-corrected chi connectivity index (χ3v) is 10.2. The van der Waals surface area contributed by atoms with E-state index >= 15 is 0 Å². The van der Waals surface area contributed by atoms with Crippen LogP contribution >= 0.6 is 0 Å². The van der Waals surface area contributed by atoms with Crippen LogP contribution in [0.4, 0.5) is 0 Å². The summed E-state index contributed by atoms with van der Waals surface area (Å²) in [6.07, 6.45) is 4.03. The molecule has 0 N–H and O–H groups in total. The molecule has 0 unspecified atom stereocenters. The van der Waals surface area contributed by atoms with E-state index in [9.17, 15) is 0 Å². The predicted octanol–water partition coefficient (Wildman–Crippen LogP) is 13.3. The van der Waals surface area contributed by atoms with Crippen LogP contribution in [-0.4, -0.2) is 9.55 Å². The lowest BCUT2D eigenvalue weighted by Crippen LogP contribution is -2.08. The van der Waals surface area contributed by atoms with Crippen molar-refractivity contribution in [3.05, 3.63) is 157 Å². The van der Waals surface area contributed by atoms with E-state index in [1.165, 1.54) is 55.2 Å². The van der Waals surface area contributed by atoms with Gasteiger partial charge in [-0.15, -0.1) is 0 Å². The summed E-state index contributed by atoms with van der Waals surface area (Å²) < 4.78 is 9.34. The minimum atomic E-state index is 0.309. The first-order valence-corrected chi connectivity index (χ1v) is 17.6. The highest BCUT2D eigenvalue weighted by molar-refractivity contribution is 6.26. The SMILES string of the molecule is CC(C)c1cc(-c2ccccc2)cc(C(C)C)c1-n1ccnc1-c1cccc2c1oc1c2ccc2cc(-c3ccccc3)c3ccccc3c21. The first-order valence-electron chi connectivity index (χ1n) is 17.6. The van der Waals surface area contributed by atoms with Crippen molar-refractivity contribution in [3.63, 3.8) is 0 Å². The van der Waals surface area contributed by atoms with Gasteiger partial charge in [0.05, 0.1) is 11.3 Å². The number of nitrogens with zero attached hydrogens (tertiary/aromatic N) is 2. The third kappa shape index (κ3) is 4.76. The average molecular weight is 647 g/mol. The van der Waals surface area contributed by atoms with Gasteiger partial charge in [-0.2, -0.15) is 0 Å². The van der Waals surface area contributed by atoms with Crippen molar-refractivity contribution in [1.29, 1.82) is 0 Å². The molecule has 3 nitrogen and oxygen atoms in total. The molecule has 50 heavy (non-hydrogen) atoms. The first kappa shape index (κ1) is 30.2. The van der Waals surface area contributed by atoms with Gasteiger partial charge in [-0.3, -0.25) is 4.57 Å². The van der Waals surface area contributed by atoms with Crippen LogP contribution in [0.2, 0.25) is 0 Å². The molecule has 0 spiro atoms. The molecule has 0 aliphatic rings. The van der Waals surface area contributed by atoms with Crippen LogP contribution in [0.25, 0.3) is 82.8 Å². The van der Waals surface area contributed by atoms with Gasteiger partial charge in [0.2, 0.25) is 0 Å². The van der Waals surface area contributed by atoms with Crippen molar-refractivity contribution in [2.75, 3.05) is 0 Å². The number of fused-ring (bicyclic) bond motifs is 7. The highest BCUT2D eigenvalue weighted by Crippen LogP contribution is 2.44. The van der Waals surface area contributed by atoms with Gasteiger partial charge in [-0.1, -0.05) is 131 Å². The quantitative estimate of drug-likeness (QED) is 0.168. The highest BCUT2D eigenvalue weighted by Gasteiger charge is 2.23. The summed E-state index contributed by atoms with van der Waals surface area (Å²) in [6, 6.07) is 48.0. The number of benzene rings is 7. The average Bonchev–Trinajstić information content (AvgIpc) is 3.80. The molecule has 0 saturated carbocycles. The van der Waals surface area contributed by atoms with Crippen molar-refractivity contribution < 1.29 is 4.42 Å². The van der Waals surface area contributed by atoms with Gasteiger partial charge in [0.1, 0.15) is 17.0 Å². The lowest BCUT2D eigenvalue weighted by Gasteiger charge is -2.23. The molecule has 9 rings (SSSR count). The Bertz CT molecular complexity index is 2670. The Balaban J connectivity index is 1.29. The summed E-state index contributed by atoms with van der Waals surface area (Å²) in [5.41, 5.74) is 11.5. The molecule has 0 bridgehead atoms. The van der Waals surface area contributed by atoms with E-state index in [-0.39, 0.29) is 0 Å². The maximum atomic E-state index is 7.04. The summed E-state index contributed by atoms with van der Waals surface area (Å²) in [4.78, 5) is 5.03. The van der Waals surface area contributed by atoms with Crippen LogP contribution in [0, 0.1) is 0 Å². The van der Waals surface area contributed by atoms with Crippen molar-refractivity contribution in [3.8, 4) is 39.3 Å². The zero-order chi connectivity index (χ0) is 33.9. The summed E-state index contributed by atoms with van der Waals surface area (Å²) >= 11 is 0. The fourth-order valence-corrected chi connectivity index (χ4v) is 7.80. The molecule has 0 amide bonds. The van der Waals surface area contributed by atoms with Gasteiger partial charge in [0.25, 0.3) is 0 Å². The van der Waals surface area contributed by atoms with Gasteiger partial charge in [-0.05, 0) is 91.7 Å². The smallest absolute Gasteiger partial charge is 0.148 e. The Kier molecular flexibility index (Phi) is 7.17. The summed E-state index contributed by atoms with van der Waals surface area (Å²) in [5.74, 6) is 1.50. The summed E-state index contributed by atoms with van der Waals surface area (Å²) in [5, 5.41) is 6.93. The number of rotatable bonds is 6. The topological polar surface area (TPSA) is 31.0 Å². The minimum Gasteiger partial charge on any atom is -0.455 e. The maximum absolute atomic E-state index is 7.04. The van der Waals surface area contributed by atoms with E-state index in [4.69, 9.17) is 9.40 Å². The van der Waals surface area contributed by atoms with Gasteiger partial charge in [-0.25, -0.2) is 4.98 Å². The zero-order valence-corrected chi connectivity index (χ0v) is 28.8. The number of furan rings is 1. The Labute approximate surface area is 292 Å². The predicted molar refractivity (Wildman–Crippen MR) is 210 cm³/mol. The number of aromatic nitrogens is 2. The number of imidazole rings is 1. The van der Waals surface area contributed by atoms with E-state index in [0.29, 0.717) is 11.8 Å². The molecule has 0 atom stereocenters. The van der Waals surface area contributed by atoms with E-state index < -0.39 is 0 Å². The molecule has 0 aliphatic heterocycles. The fraction of sp³-hybridized carbons (Fsp3) is 0.128. The highest BCUT2D eigenvalue weighted by atomic mass is 16.3. The van der Waals surface area contributed by atoms with Crippen molar-refractivity contribution in [1.82, 2.24) is 9.55 Å². The molecular formula is C47H38N2O. The van der Waals surface area contributed by atoms with Crippen molar-refractivity contribution in [2.24, 2.45) is 0 Å². The Morgan fingerprint density at radius 1 is 0.520 bits per heavy atom. The van der Waals surface area contributed by atoms with Crippen LogP contribution < -0.4 is 0 Å². The summed E-state index contributed by atoms with van der Waals surface area (Å²) in [7, 11) is 0. The molecule has 0 saturated heterocycles. The van der Waals surface area contributed by atoms with Gasteiger partial charge in [0.15, 0.2) is 0 Å². The molecule has 2 heterocycles. The second-order valence-electron chi connectivity index (χ2n) is 14.0. The lowest BCUT2D eigenvalue weighted by molar-refractivity contribution is 0.673. The van der Waals surface area contributed by atoms with Crippen LogP contribution in [0.15, 0.2) is 150 Å². The molecule has 0 radical (unpaired) electrons. The van der Waals surface area contributed by atoms with E-state index in [2.05, 4.69) is 172 Å². The Hall–Kier alpha value is -5.93. The second kappa shape index (κ2) is 11.9. The van der Waals surface area contributed by atoms with E-state index in [1.54, 1.807) is 0 Å². The van der Waals surface area contributed by atoms with Crippen LogP contribution in [0.3, 0.4) is 0 Å². The Morgan fingerprint density at radius 3 is 1.84 bits per heavy atom. The fourth-order valence-electron chi connectivity index (χ4n) is 7.80. The van der Waals surface area contributed by atoms with E-state index in [0.717, 1.165) is 38.7 Å². The largest absolute Gasteiger partial charge is 0.455 e. The monoisotopic (exact) mass is 646 g/mol. The molecular weight excluding hydrogens is 609 g/mol. The number of para-hydroxylation sites is 1. The van der Waals surface area contributed by atoms with Crippen molar-refractivity contribution >= 4 is 43.5 Å². The summed E-state index contributed by atoms with van der Waals surface area (Å²) in [6.45, 7) is 9.14. The molecule has 2 aromatic heterocycles. The Morgan fingerprint density at radius 2 is 1.14 bits per heavy atom. The maximum Gasteiger partial charge on any atom is 0.148 e. The molecule has 242 valence electrons. The normalized spacial score (nSPS) is 12.0. The van der Waals surface area contributed by atoms with Gasteiger partial charge in [0, 0.05) is 28.6 Å². The van der Waals surface area contributed by atoms with Crippen LogP contribution in [0.1, 0.15) is 50.7 Å². The molecule has 3 heteroatoms. The van der Waals surface area contributed by atoms with Gasteiger partial charge >= 0.3 is 0 Å². The standard InChI is InChI=1S/C47H38N2O/c1-29(2)40-27-34(31-14-7-5-8-15-31)28-41(30(3)4)44(40)49-25-24-48-47(49)39-21-13-20-37-38-23-22-33-26-42(32-16-9-6-10-17-32)35-18-11-12-19-36(35)43(33)46(38)50-45(37)39/h5-30H,1-4H3. The number of hydrogen-bond acceptors (Lipinski definition) is 2. The lowest BCUT2D eigenvalue weighted by atomic mass is 9.88. The van der Waals surface area contributed by atoms with Crippen LogP contribution in [-0.2, 0) is 0 Å².